The Morgan fingerprint density at radius 2 is 1.62 bits per heavy atom. The molecule has 0 radical (unpaired) electrons. The molecule has 0 aliphatic heterocycles. The number of aliphatic carboxylic acids is 1. The number of amides is 2. The summed E-state index contributed by atoms with van der Waals surface area (Å²) in [5, 5.41) is 13.7. The van der Waals surface area contributed by atoms with Crippen LogP contribution in [0.2, 0.25) is 0 Å². The van der Waals surface area contributed by atoms with Crippen LogP contribution in [0.5, 0.6) is 5.75 Å². The van der Waals surface area contributed by atoms with Gasteiger partial charge in [-0.25, -0.2) is 9.59 Å². The number of hydrogen-bond donors (Lipinski definition) is 3. The minimum atomic E-state index is -1.07. The molecule has 0 aromatic heterocycles. The quantitative estimate of drug-likeness (QED) is 0.648. The van der Waals surface area contributed by atoms with Crippen LogP contribution in [-0.4, -0.2) is 48.4 Å². The van der Waals surface area contributed by atoms with Gasteiger partial charge in [0.05, 0.1) is 0 Å². The lowest BCUT2D eigenvalue weighted by atomic mass is 10.2. The minimum Gasteiger partial charge on any atom is -0.482 e. The molecule has 132 valence electrons. The van der Waals surface area contributed by atoms with Crippen molar-refractivity contribution in [2.75, 3.05) is 19.7 Å². The first-order valence-electron chi connectivity index (χ1n) is 7.37. The number of carboxylic acids is 1. The summed E-state index contributed by atoms with van der Waals surface area (Å²) in [5.41, 5.74) is -0.174. The van der Waals surface area contributed by atoms with Crippen molar-refractivity contribution in [1.82, 2.24) is 10.6 Å². The molecule has 8 heteroatoms. The van der Waals surface area contributed by atoms with Crippen LogP contribution in [0, 0.1) is 0 Å². The first kappa shape index (κ1) is 19.3. The molecule has 0 spiro atoms. The van der Waals surface area contributed by atoms with Gasteiger partial charge in [-0.3, -0.25) is 4.79 Å². The number of benzene rings is 1. The van der Waals surface area contributed by atoms with E-state index >= 15 is 0 Å². The fraction of sp³-hybridized carbons (Fsp3) is 0.438. The molecule has 0 saturated heterocycles. The second-order valence-electron chi connectivity index (χ2n) is 5.89. The zero-order valence-electron chi connectivity index (χ0n) is 13.9. The van der Waals surface area contributed by atoms with Crippen LogP contribution in [0.3, 0.4) is 0 Å². The second kappa shape index (κ2) is 8.76. The Hall–Kier alpha value is -2.77. The molecule has 24 heavy (non-hydrogen) atoms. The van der Waals surface area contributed by atoms with E-state index in [-0.39, 0.29) is 19.0 Å². The number of carbonyl (C=O) groups is 3. The largest absolute Gasteiger partial charge is 0.482 e. The lowest BCUT2D eigenvalue weighted by Gasteiger charge is -2.19. The molecular weight excluding hydrogens is 316 g/mol. The van der Waals surface area contributed by atoms with Crippen molar-refractivity contribution in [2.45, 2.75) is 26.4 Å². The molecule has 0 unspecified atom stereocenters. The standard InChI is InChI=1S/C16H22N2O6/c1-16(2,3)24-15(22)18-9-8-17-14(21)11-4-6-12(7-5-11)23-10-13(19)20/h4-7H,8-10H2,1-3H3,(H,17,21)(H,18,22)(H,19,20). The van der Waals surface area contributed by atoms with Gasteiger partial charge >= 0.3 is 12.1 Å². The van der Waals surface area contributed by atoms with Crippen molar-refractivity contribution < 1.29 is 29.0 Å². The third kappa shape index (κ3) is 8.02. The summed E-state index contributed by atoms with van der Waals surface area (Å²) in [6.45, 7) is 5.33. The maximum atomic E-state index is 11.9. The zero-order valence-corrected chi connectivity index (χ0v) is 13.9. The van der Waals surface area contributed by atoms with Gasteiger partial charge in [-0.15, -0.1) is 0 Å². The molecule has 8 nitrogen and oxygen atoms in total. The van der Waals surface area contributed by atoms with Gasteiger partial charge in [-0.05, 0) is 45.0 Å². The second-order valence-corrected chi connectivity index (χ2v) is 5.89. The molecule has 0 fully saturated rings. The van der Waals surface area contributed by atoms with Gasteiger partial charge in [-0.2, -0.15) is 0 Å². The zero-order chi connectivity index (χ0) is 18.2. The average Bonchev–Trinajstić information content (AvgIpc) is 2.48. The summed E-state index contributed by atoms with van der Waals surface area (Å²) in [4.78, 5) is 33.7. The molecule has 0 atom stereocenters. The Balaban J connectivity index is 2.32. The highest BCUT2D eigenvalue weighted by Gasteiger charge is 2.15. The Kier molecular flexibility index (Phi) is 7.03. The monoisotopic (exact) mass is 338 g/mol. The number of hydrogen-bond acceptors (Lipinski definition) is 5. The molecule has 0 bridgehead atoms. The molecule has 0 aliphatic carbocycles. The summed E-state index contributed by atoms with van der Waals surface area (Å²) in [6.07, 6.45) is -0.545. The van der Waals surface area contributed by atoms with Crippen LogP contribution in [-0.2, 0) is 9.53 Å². The van der Waals surface area contributed by atoms with Crippen LogP contribution in [0.4, 0.5) is 4.79 Å². The molecule has 3 N–H and O–H groups in total. The average molecular weight is 338 g/mol. The first-order valence-corrected chi connectivity index (χ1v) is 7.37. The van der Waals surface area contributed by atoms with E-state index in [4.69, 9.17) is 14.6 Å². The van der Waals surface area contributed by atoms with E-state index in [1.165, 1.54) is 24.3 Å². The van der Waals surface area contributed by atoms with Gasteiger partial charge in [0.15, 0.2) is 6.61 Å². The lowest BCUT2D eigenvalue weighted by molar-refractivity contribution is -0.139. The first-order chi connectivity index (χ1) is 11.2. The van der Waals surface area contributed by atoms with E-state index in [0.29, 0.717) is 11.3 Å². The summed E-state index contributed by atoms with van der Waals surface area (Å²) < 4.78 is 10.0. The topological polar surface area (TPSA) is 114 Å². The van der Waals surface area contributed by atoms with Crippen molar-refractivity contribution in [3.05, 3.63) is 29.8 Å². The minimum absolute atomic E-state index is 0.237. The van der Waals surface area contributed by atoms with Crippen molar-refractivity contribution in [2.24, 2.45) is 0 Å². The molecule has 0 heterocycles. The molecule has 0 saturated carbocycles. The number of rotatable bonds is 7. The van der Waals surface area contributed by atoms with E-state index in [1.54, 1.807) is 20.8 Å². The Morgan fingerprint density at radius 3 is 2.17 bits per heavy atom. The number of carboxylic acid groups (broad SMARTS) is 1. The van der Waals surface area contributed by atoms with Gasteiger partial charge < -0.3 is 25.2 Å². The molecule has 0 aliphatic rings. The normalized spacial score (nSPS) is 10.6. The predicted octanol–water partition coefficient (Wildman–Crippen LogP) is 1.40. The van der Waals surface area contributed by atoms with E-state index in [1.807, 2.05) is 0 Å². The maximum Gasteiger partial charge on any atom is 0.407 e. The highest BCUT2D eigenvalue weighted by molar-refractivity contribution is 5.94. The summed E-state index contributed by atoms with van der Waals surface area (Å²) in [5.74, 6) is -1.03. The van der Waals surface area contributed by atoms with Gasteiger partial charge in [0, 0.05) is 18.7 Å². The Labute approximate surface area is 140 Å². The van der Waals surface area contributed by atoms with Crippen molar-refractivity contribution in [3.63, 3.8) is 0 Å². The highest BCUT2D eigenvalue weighted by Crippen LogP contribution is 2.12. The maximum absolute atomic E-state index is 11.9. The smallest absolute Gasteiger partial charge is 0.407 e. The van der Waals surface area contributed by atoms with Crippen molar-refractivity contribution in [1.29, 1.82) is 0 Å². The SMILES string of the molecule is CC(C)(C)OC(=O)NCCNC(=O)c1ccc(OCC(=O)O)cc1. The number of nitrogens with one attached hydrogen (secondary N) is 2. The predicted molar refractivity (Wildman–Crippen MR) is 86.1 cm³/mol. The summed E-state index contributed by atoms with van der Waals surface area (Å²) in [6, 6.07) is 6.06. The van der Waals surface area contributed by atoms with Crippen LogP contribution in [0.25, 0.3) is 0 Å². The third-order valence-corrected chi connectivity index (χ3v) is 2.56. The van der Waals surface area contributed by atoms with E-state index in [2.05, 4.69) is 10.6 Å². The summed E-state index contributed by atoms with van der Waals surface area (Å²) >= 11 is 0. The fourth-order valence-corrected chi connectivity index (χ4v) is 1.60. The van der Waals surface area contributed by atoms with Gasteiger partial charge in [0.1, 0.15) is 11.4 Å². The van der Waals surface area contributed by atoms with Crippen LogP contribution in [0.15, 0.2) is 24.3 Å². The summed E-state index contributed by atoms with van der Waals surface area (Å²) in [7, 11) is 0. The van der Waals surface area contributed by atoms with Gasteiger partial charge in [0.25, 0.3) is 5.91 Å². The Bertz CT molecular complexity index is 577. The molecule has 1 aromatic rings. The van der Waals surface area contributed by atoms with Gasteiger partial charge in [-0.1, -0.05) is 0 Å². The molecule has 2 amide bonds. The number of carbonyl (C=O) groups excluding carboxylic acids is 2. The number of ether oxygens (including phenoxy) is 2. The highest BCUT2D eigenvalue weighted by atomic mass is 16.6. The van der Waals surface area contributed by atoms with E-state index in [0.717, 1.165) is 0 Å². The molecular formula is C16H22N2O6. The molecule has 1 aromatic carbocycles. The van der Waals surface area contributed by atoms with Crippen molar-refractivity contribution in [3.8, 4) is 5.75 Å². The van der Waals surface area contributed by atoms with Gasteiger partial charge in [0.2, 0.25) is 0 Å². The third-order valence-electron chi connectivity index (χ3n) is 2.56. The number of alkyl carbamates (subject to hydrolysis) is 1. The van der Waals surface area contributed by atoms with E-state index in [9.17, 15) is 14.4 Å². The Morgan fingerprint density at radius 1 is 1.04 bits per heavy atom. The lowest BCUT2D eigenvalue weighted by Crippen LogP contribution is -2.37. The van der Waals surface area contributed by atoms with Crippen molar-refractivity contribution >= 4 is 18.0 Å². The fourth-order valence-electron chi connectivity index (χ4n) is 1.60. The van der Waals surface area contributed by atoms with E-state index < -0.39 is 24.3 Å². The van der Waals surface area contributed by atoms with Crippen LogP contribution < -0.4 is 15.4 Å². The van der Waals surface area contributed by atoms with Crippen LogP contribution in [0.1, 0.15) is 31.1 Å². The van der Waals surface area contributed by atoms with Crippen LogP contribution >= 0.6 is 0 Å². The molecule has 1 rings (SSSR count).